The average Bonchev–Trinajstić information content (AvgIpc) is 3.04. The maximum Gasteiger partial charge on any atom is 0.340 e. The van der Waals surface area contributed by atoms with E-state index in [1.165, 1.54) is 17.6 Å². The van der Waals surface area contributed by atoms with Gasteiger partial charge in [-0.05, 0) is 30.7 Å². The summed E-state index contributed by atoms with van der Waals surface area (Å²) in [5.41, 5.74) is 5.88. The van der Waals surface area contributed by atoms with Gasteiger partial charge in [0.15, 0.2) is 5.60 Å². The molecule has 1 aliphatic rings. The molecule has 0 radical (unpaired) electrons. The van der Waals surface area contributed by atoms with E-state index in [0.717, 1.165) is 10.9 Å². The third-order valence-electron chi connectivity index (χ3n) is 5.41. The molecule has 2 aromatic heterocycles. The highest BCUT2D eigenvalue weighted by Gasteiger charge is 2.40. The highest BCUT2D eigenvalue weighted by molar-refractivity contribution is 5.93. The van der Waals surface area contributed by atoms with E-state index >= 15 is 0 Å². The predicted octanol–water partition coefficient (Wildman–Crippen LogP) is 1.18. The van der Waals surface area contributed by atoms with Crippen LogP contribution in [0.3, 0.4) is 0 Å². The van der Waals surface area contributed by atoms with Crippen LogP contribution in [0, 0.1) is 0 Å². The van der Waals surface area contributed by atoms with Gasteiger partial charge in [0.25, 0.3) is 5.56 Å². The van der Waals surface area contributed by atoms with E-state index < -0.39 is 23.7 Å². The molecule has 3 heterocycles. The first kappa shape index (κ1) is 18.1. The Kier molecular flexibility index (Phi) is 3.99. The first-order chi connectivity index (χ1) is 13.3. The van der Waals surface area contributed by atoms with E-state index in [1.807, 2.05) is 6.07 Å². The minimum atomic E-state index is -2.28. The largest absolute Gasteiger partial charge is 0.479 e. The predicted molar refractivity (Wildman–Crippen MR) is 103 cm³/mol. The molecule has 144 valence electrons. The average molecular weight is 381 g/mol. The molecule has 4 rings (SSSR count). The van der Waals surface area contributed by atoms with E-state index in [0.29, 0.717) is 22.6 Å². The number of pyridine rings is 2. The van der Waals surface area contributed by atoms with Crippen LogP contribution in [0.4, 0.5) is 5.69 Å². The summed E-state index contributed by atoms with van der Waals surface area (Å²) in [4.78, 5) is 29.3. The molecule has 1 aliphatic heterocycles. The number of carboxylic acid groups (broad SMARTS) is 1. The lowest BCUT2D eigenvalue weighted by molar-refractivity contribution is -0.160. The molecule has 5 N–H and O–H groups in total. The van der Waals surface area contributed by atoms with Crippen LogP contribution in [0.1, 0.15) is 30.0 Å². The van der Waals surface area contributed by atoms with Gasteiger partial charge in [0.2, 0.25) is 0 Å². The van der Waals surface area contributed by atoms with Crippen molar-refractivity contribution in [1.82, 2.24) is 9.55 Å². The molecule has 0 aliphatic carbocycles. The number of carbonyl (C=O) groups is 1. The molecule has 0 unspecified atom stereocenters. The number of aliphatic hydroxyl groups excluding tert-OH is 1. The second-order valence-electron chi connectivity index (χ2n) is 6.90. The second kappa shape index (κ2) is 6.15. The fourth-order valence-electron chi connectivity index (χ4n) is 3.79. The fourth-order valence-corrected chi connectivity index (χ4v) is 3.79. The van der Waals surface area contributed by atoms with Gasteiger partial charge in [-0.1, -0.05) is 13.0 Å². The lowest BCUT2D eigenvalue weighted by Crippen LogP contribution is -2.39. The summed E-state index contributed by atoms with van der Waals surface area (Å²) in [6.07, 6.45) is -0.160. The monoisotopic (exact) mass is 381 g/mol. The van der Waals surface area contributed by atoms with E-state index in [-0.39, 0.29) is 24.1 Å². The normalized spacial score (nSPS) is 14.5. The Balaban J connectivity index is 2.04. The SMILES string of the molecule is CC[C@@](O)(C(=O)O)c1cc2n(c(=O)c1CO)Cc1cc3c(N)cccc3nc1-2. The number of benzene rings is 1. The van der Waals surface area contributed by atoms with Crippen molar-refractivity contribution in [3.63, 3.8) is 0 Å². The van der Waals surface area contributed by atoms with Crippen molar-refractivity contribution in [1.29, 1.82) is 0 Å². The van der Waals surface area contributed by atoms with Crippen molar-refractivity contribution < 1.29 is 20.1 Å². The summed E-state index contributed by atoms with van der Waals surface area (Å²) in [7, 11) is 0. The first-order valence-electron chi connectivity index (χ1n) is 8.84. The van der Waals surface area contributed by atoms with Crippen LogP contribution in [0.5, 0.6) is 0 Å². The topological polar surface area (TPSA) is 139 Å². The summed E-state index contributed by atoms with van der Waals surface area (Å²) in [6.45, 7) is 1.05. The van der Waals surface area contributed by atoms with Gasteiger partial charge in [0.05, 0.1) is 30.1 Å². The highest BCUT2D eigenvalue weighted by Crippen LogP contribution is 2.36. The summed E-state index contributed by atoms with van der Waals surface area (Å²) in [6, 6.07) is 8.65. The second-order valence-corrected chi connectivity index (χ2v) is 6.90. The molecule has 8 nitrogen and oxygen atoms in total. The first-order valence-corrected chi connectivity index (χ1v) is 8.84. The van der Waals surface area contributed by atoms with Gasteiger partial charge < -0.3 is 25.6 Å². The van der Waals surface area contributed by atoms with Crippen LogP contribution in [-0.4, -0.2) is 30.8 Å². The number of aliphatic carboxylic acids is 1. The van der Waals surface area contributed by atoms with E-state index in [2.05, 4.69) is 4.98 Å². The van der Waals surface area contributed by atoms with E-state index in [1.54, 1.807) is 18.2 Å². The Bertz CT molecular complexity index is 1200. The van der Waals surface area contributed by atoms with E-state index in [9.17, 15) is 24.9 Å². The third kappa shape index (κ3) is 2.35. The van der Waals surface area contributed by atoms with Crippen LogP contribution >= 0.6 is 0 Å². The molecular formula is C20H19N3O5. The number of aromatic nitrogens is 2. The molecule has 0 spiro atoms. The van der Waals surface area contributed by atoms with Crippen molar-refractivity contribution in [2.75, 3.05) is 5.73 Å². The Labute approximate surface area is 159 Å². The van der Waals surface area contributed by atoms with E-state index in [4.69, 9.17) is 5.73 Å². The number of hydrogen-bond acceptors (Lipinski definition) is 6. The summed E-state index contributed by atoms with van der Waals surface area (Å²) < 4.78 is 1.43. The zero-order chi connectivity index (χ0) is 20.2. The fraction of sp³-hybridized carbons (Fsp3) is 0.250. The number of nitrogen functional groups attached to an aromatic ring is 1. The molecule has 0 saturated heterocycles. The third-order valence-corrected chi connectivity index (χ3v) is 5.41. The quantitative estimate of drug-likeness (QED) is 0.389. The van der Waals surface area contributed by atoms with Gasteiger partial charge in [0, 0.05) is 27.8 Å². The van der Waals surface area contributed by atoms with Crippen molar-refractivity contribution in [2.45, 2.75) is 32.1 Å². The molecule has 0 saturated carbocycles. The van der Waals surface area contributed by atoms with Gasteiger partial charge >= 0.3 is 5.97 Å². The molecule has 1 aromatic carbocycles. The van der Waals surface area contributed by atoms with Crippen LogP contribution in [0.15, 0.2) is 35.1 Å². The number of anilines is 1. The van der Waals surface area contributed by atoms with Crippen molar-refractivity contribution in [2.24, 2.45) is 0 Å². The van der Waals surface area contributed by atoms with Crippen molar-refractivity contribution >= 4 is 22.6 Å². The zero-order valence-corrected chi connectivity index (χ0v) is 15.1. The smallest absolute Gasteiger partial charge is 0.340 e. The summed E-state index contributed by atoms with van der Waals surface area (Å²) in [5.74, 6) is -1.48. The molecule has 28 heavy (non-hydrogen) atoms. The molecule has 0 fully saturated rings. The molecule has 0 bridgehead atoms. The number of hydrogen-bond donors (Lipinski definition) is 4. The summed E-state index contributed by atoms with van der Waals surface area (Å²) >= 11 is 0. The van der Waals surface area contributed by atoms with Gasteiger partial charge in [-0.15, -0.1) is 0 Å². The maximum absolute atomic E-state index is 13.0. The standard InChI is InChI=1S/C20H19N3O5/c1-2-20(28,19(26)27)13-7-16-17-10(8-23(16)18(25)12(13)9-24)6-11-14(21)4-3-5-15(11)22-17/h3-7,24,28H,2,8-9,21H2,1H3,(H,26,27)/t20-/m0/s1. The van der Waals surface area contributed by atoms with Crippen molar-refractivity contribution in [3.05, 3.63) is 57.4 Å². The zero-order valence-electron chi connectivity index (χ0n) is 15.1. The van der Waals surface area contributed by atoms with Crippen LogP contribution in [0.25, 0.3) is 22.3 Å². The van der Waals surface area contributed by atoms with Crippen LogP contribution in [-0.2, 0) is 23.5 Å². The molecule has 1 atom stereocenters. The van der Waals surface area contributed by atoms with Gasteiger partial charge in [-0.3, -0.25) is 4.79 Å². The number of aliphatic hydroxyl groups is 2. The molecule has 0 amide bonds. The number of nitrogens with two attached hydrogens (primary N) is 1. The Morgan fingerprint density at radius 3 is 2.75 bits per heavy atom. The van der Waals surface area contributed by atoms with Crippen molar-refractivity contribution in [3.8, 4) is 11.4 Å². The molecule has 3 aromatic rings. The lowest BCUT2D eigenvalue weighted by Gasteiger charge is -2.25. The molecular weight excluding hydrogens is 362 g/mol. The van der Waals surface area contributed by atoms with Crippen LogP contribution < -0.4 is 11.3 Å². The van der Waals surface area contributed by atoms with Gasteiger partial charge in [-0.25, -0.2) is 9.78 Å². The van der Waals surface area contributed by atoms with Gasteiger partial charge in [-0.2, -0.15) is 0 Å². The highest BCUT2D eigenvalue weighted by atomic mass is 16.4. The Hall–Kier alpha value is -3.23. The minimum Gasteiger partial charge on any atom is -0.479 e. The van der Waals surface area contributed by atoms with Crippen LogP contribution in [0.2, 0.25) is 0 Å². The number of rotatable bonds is 4. The Morgan fingerprint density at radius 2 is 2.11 bits per heavy atom. The molecule has 8 heteroatoms. The Morgan fingerprint density at radius 1 is 1.36 bits per heavy atom. The summed E-state index contributed by atoms with van der Waals surface area (Å²) in [5, 5.41) is 30.7. The number of fused-ring (bicyclic) bond motifs is 4. The minimum absolute atomic E-state index is 0.108. The van der Waals surface area contributed by atoms with Gasteiger partial charge in [0.1, 0.15) is 0 Å². The maximum atomic E-state index is 13.0. The number of carboxylic acids is 1. The lowest BCUT2D eigenvalue weighted by atomic mass is 9.87. The number of nitrogens with zero attached hydrogens (tertiary/aromatic N) is 2.